The molecule has 2 atom stereocenters. The van der Waals surface area contributed by atoms with Crippen LogP contribution in [0.2, 0.25) is 0 Å². The van der Waals surface area contributed by atoms with Gasteiger partial charge in [0, 0.05) is 13.0 Å². The van der Waals surface area contributed by atoms with E-state index in [1.165, 1.54) is 0 Å². The maximum atomic E-state index is 11.5. The summed E-state index contributed by atoms with van der Waals surface area (Å²) in [6, 6.07) is -0.0756. The highest BCUT2D eigenvalue weighted by Gasteiger charge is 2.36. The highest BCUT2D eigenvalue weighted by molar-refractivity contribution is 5.80. The zero-order valence-electron chi connectivity index (χ0n) is 7.32. The third-order valence-corrected chi connectivity index (χ3v) is 2.42. The monoisotopic (exact) mass is 180 g/mol. The van der Waals surface area contributed by atoms with Crippen LogP contribution < -0.4 is 5.32 Å². The first-order valence-electron chi connectivity index (χ1n) is 4.42. The predicted molar refractivity (Wildman–Crippen MR) is 46.7 cm³/mol. The zero-order chi connectivity index (χ0) is 9.26. The molecule has 0 radical (unpaired) electrons. The number of ether oxygens (including phenoxy) is 1. The van der Waals surface area contributed by atoms with E-state index in [2.05, 4.69) is 11.2 Å². The van der Waals surface area contributed by atoms with Crippen LogP contribution in [-0.2, 0) is 9.53 Å². The minimum atomic E-state index is -0.156. The van der Waals surface area contributed by atoms with Gasteiger partial charge in [-0.2, -0.15) is 0 Å². The molecule has 4 nitrogen and oxygen atoms in total. The van der Waals surface area contributed by atoms with Crippen LogP contribution in [0.4, 0.5) is 0 Å². The maximum Gasteiger partial charge on any atom is 0.239 e. The van der Waals surface area contributed by atoms with Crippen LogP contribution in [0.5, 0.6) is 0 Å². The molecule has 2 fully saturated rings. The van der Waals surface area contributed by atoms with E-state index in [1.54, 1.807) is 4.90 Å². The van der Waals surface area contributed by atoms with Crippen molar-refractivity contribution < 1.29 is 9.53 Å². The molecule has 0 aromatic carbocycles. The van der Waals surface area contributed by atoms with Crippen molar-refractivity contribution in [3.8, 4) is 12.3 Å². The predicted octanol–water partition coefficient (Wildman–Crippen LogP) is -0.834. The Morgan fingerprint density at radius 1 is 1.69 bits per heavy atom. The minimum Gasteiger partial charge on any atom is -0.357 e. The van der Waals surface area contributed by atoms with Crippen LogP contribution in [0.1, 0.15) is 6.42 Å². The van der Waals surface area contributed by atoms with E-state index in [-0.39, 0.29) is 18.2 Å². The summed E-state index contributed by atoms with van der Waals surface area (Å²) >= 11 is 0. The van der Waals surface area contributed by atoms with Gasteiger partial charge in [-0.25, -0.2) is 0 Å². The molecule has 0 aromatic heterocycles. The van der Waals surface area contributed by atoms with Crippen LogP contribution in [0.3, 0.4) is 0 Å². The van der Waals surface area contributed by atoms with E-state index in [4.69, 9.17) is 11.2 Å². The molecule has 2 aliphatic rings. The van der Waals surface area contributed by atoms with Crippen molar-refractivity contribution in [1.82, 2.24) is 10.2 Å². The molecular weight excluding hydrogens is 168 g/mol. The van der Waals surface area contributed by atoms with E-state index < -0.39 is 0 Å². The Morgan fingerprint density at radius 3 is 3.31 bits per heavy atom. The average Bonchev–Trinajstić information content (AvgIpc) is 2.17. The standard InChI is InChI=1S/C9H12N2O2/c1-2-7-3-4-13-9-6-10-5-8(12)11(7)9/h1,7,9-10H,3-6H2/t7-,9?/m1/s1. The molecule has 70 valence electrons. The Hall–Kier alpha value is -1.05. The fourth-order valence-corrected chi connectivity index (χ4v) is 1.78. The van der Waals surface area contributed by atoms with Gasteiger partial charge in [-0.05, 0) is 0 Å². The van der Waals surface area contributed by atoms with Crippen molar-refractivity contribution in [1.29, 1.82) is 0 Å². The van der Waals surface area contributed by atoms with Gasteiger partial charge in [-0.1, -0.05) is 5.92 Å². The van der Waals surface area contributed by atoms with Crippen molar-refractivity contribution in [2.75, 3.05) is 19.7 Å². The summed E-state index contributed by atoms with van der Waals surface area (Å²) in [7, 11) is 0. The number of rotatable bonds is 0. The highest BCUT2D eigenvalue weighted by atomic mass is 16.5. The molecule has 4 heteroatoms. The van der Waals surface area contributed by atoms with Crippen LogP contribution in [0.15, 0.2) is 0 Å². The molecule has 0 saturated carbocycles. The Morgan fingerprint density at radius 2 is 2.54 bits per heavy atom. The molecule has 2 saturated heterocycles. The van der Waals surface area contributed by atoms with Gasteiger partial charge in [0.25, 0.3) is 0 Å². The lowest BCUT2D eigenvalue weighted by molar-refractivity contribution is -0.164. The first-order valence-corrected chi connectivity index (χ1v) is 4.42. The molecule has 2 aliphatic heterocycles. The number of nitrogens with one attached hydrogen (secondary N) is 1. The summed E-state index contributed by atoms with van der Waals surface area (Å²) in [6.07, 6.45) is 5.94. The third kappa shape index (κ3) is 1.41. The lowest BCUT2D eigenvalue weighted by atomic mass is 10.1. The number of piperazine rings is 1. The van der Waals surface area contributed by atoms with Crippen molar-refractivity contribution >= 4 is 5.91 Å². The van der Waals surface area contributed by atoms with Crippen LogP contribution in [-0.4, -0.2) is 42.8 Å². The molecule has 2 rings (SSSR count). The highest BCUT2D eigenvalue weighted by Crippen LogP contribution is 2.18. The van der Waals surface area contributed by atoms with E-state index in [0.717, 1.165) is 6.42 Å². The number of hydrogen-bond donors (Lipinski definition) is 1. The lowest BCUT2D eigenvalue weighted by Gasteiger charge is -2.42. The number of nitrogens with zero attached hydrogens (tertiary/aromatic N) is 1. The van der Waals surface area contributed by atoms with Gasteiger partial charge in [0.2, 0.25) is 5.91 Å². The van der Waals surface area contributed by atoms with Crippen molar-refractivity contribution in [2.24, 2.45) is 0 Å². The Labute approximate surface area is 77.2 Å². The molecule has 1 amide bonds. The van der Waals surface area contributed by atoms with Gasteiger partial charge in [0.05, 0.1) is 19.2 Å². The molecule has 13 heavy (non-hydrogen) atoms. The quantitative estimate of drug-likeness (QED) is 0.494. The number of amides is 1. The summed E-state index contributed by atoms with van der Waals surface area (Å²) < 4.78 is 5.43. The number of carbonyl (C=O) groups excluding carboxylic acids is 1. The fourth-order valence-electron chi connectivity index (χ4n) is 1.78. The van der Waals surface area contributed by atoms with Gasteiger partial charge in [-0.3, -0.25) is 4.79 Å². The normalized spacial score (nSPS) is 33.8. The number of terminal acetylenes is 1. The topological polar surface area (TPSA) is 41.6 Å². The summed E-state index contributed by atoms with van der Waals surface area (Å²) in [5.41, 5.74) is 0. The largest absolute Gasteiger partial charge is 0.357 e. The minimum absolute atomic E-state index is 0.0406. The van der Waals surface area contributed by atoms with Crippen LogP contribution in [0, 0.1) is 12.3 Å². The number of fused-ring (bicyclic) bond motifs is 1. The third-order valence-electron chi connectivity index (χ3n) is 2.42. The smallest absolute Gasteiger partial charge is 0.239 e. The van der Waals surface area contributed by atoms with E-state index in [0.29, 0.717) is 19.7 Å². The van der Waals surface area contributed by atoms with Gasteiger partial charge in [0.15, 0.2) is 0 Å². The average molecular weight is 180 g/mol. The van der Waals surface area contributed by atoms with Crippen LogP contribution in [0.25, 0.3) is 0 Å². The molecule has 1 N–H and O–H groups in total. The van der Waals surface area contributed by atoms with Gasteiger partial charge in [-0.15, -0.1) is 6.42 Å². The second-order valence-corrected chi connectivity index (χ2v) is 3.23. The summed E-state index contributed by atoms with van der Waals surface area (Å²) in [5, 5.41) is 2.99. The molecule has 1 unspecified atom stereocenters. The summed E-state index contributed by atoms with van der Waals surface area (Å²) in [6.45, 7) is 1.70. The van der Waals surface area contributed by atoms with Gasteiger partial charge in [0.1, 0.15) is 6.23 Å². The van der Waals surface area contributed by atoms with Gasteiger partial charge >= 0.3 is 0 Å². The van der Waals surface area contributed by atoms with E-state index >= 15 is 0 Å². The van der Waals surface area contributed by atoms with E-state index in [1.807, 2.05) is 0 Å². The Kier molecular flexibility index (Phi) is 2.21. The van der Waals surface area contributed by atoms with Crippen molar-refractivity contribution in [3.63, 3.8) is 0 Å². The lowest BCUT2D eigenvalue weighted by Crippen LogP contribution is -2.61. The molecule has 0 spiro atoms. The Balaban J connectivity index is 2.17. The maximum absolute atomic E-state index is 11.5. The molecular formula is C9H12N2O2. The van der Waals surface area contributed by atoms with Gasteiger partial charge < -0.3 is 15.0 Å². The molecule has 2 heterocycles. The SMILES string of the molecule is C#C[C@@H]1CCOC2CNCC(=O)N21. The second-order valence-electron chi connectivity index (χ2n) is 3.23. The van der Waals surface area contributed by atoms with Crippen molar-refractivity contribution in [3.05, 3.63) is 0 Å². The van der Waals surface area contributed by atoms with Crippen LogP contribution >= 0.6 is 0 Å². The number of carbonyl (C=O) groups is 1. The fraction of sp³-hybridized carbons (Fsp3) is 0.667. The first-order chi connectivity index (χ1) is 6.33. The molecule has 0 aromatic rings. The number of hydrogen-bond acceptors (Lipinski definition) is 3. The zero-order valence-corrected chi connectivity index (χ0v) is 7.32. The second kappa shape index (κ2) is 3.36. The van der Waals surface area contributed by atoms with E-state index in [9.17, 15) is 4.79 Å². The summed E-state index contributed by atoms with van der Waals surface area (Å²) in [5.74, 6) is 2.67. The molecule has 0 bridgehead atoms. The summed E-state index contributed by atoms with van der Waals surface area (Å²) in [4.78, 5) is 13.2. The first kappa shape index (κ1) is 8.54. The van der Waals surface area contributed by atoms with Crippen molar-refractivity contribution in [2.45, 2.75) is 18.7 Å². The molecule has 0 aliphatic carbocycles. The Bertz CT molecular complexity index is 257.